The molecule has 3 atom stereocenters. The molecule has 128 valence electrons. The van der Waals surface area contributed by atoms with Crippen molar-refractivity contribution < 1.29 is 49.6 Å². The van der Waals surface area contributed by atoms with Crippen molar-refractivity contribution in [3.8, 4) is 0 Å². The average Bonchev–Trinajstić information content (AvgIpc) is 2.32. The molecule has 2 N–H and O–H groups in total. The molecule has 0 aromatic rings. The van der Waals surface area contributed by atoms with Crippen molar-refractivity contribution in [2.75, 3.05) is 0 Å². The Morgan fingerprint density at radius 1 is 1.10 bits per heavy atom. The number of phosphoric ester groups is 1. The second kappa shape index (κ2) is 6.80. The summed E-state index contributed by atoms with van der Waals surface area (Å²) in [4.78, 5) is 17.0. The summed E-state index contributed by atoms with van der Waals surface area (Å²) in [6, 6.07) is 0. The lowest BCUT2D eigenvalue weighted by molar-refractivity contribution is -0.293. The van der Waals surface area contributed by atoms with E-state index in [9.17, 15) is 35.3 Å². The van der Waals surface area contributed by atoms with Gasteiger partial charge in [0.15, 0.2) is 6.17 Å². The van der Waals surface area contributed by atoms with Gasteiger partial charge in [-0.3, -0.25) is 4.52 Å². The average molecular weight is 350 g/mol. The van der Waals surface area contributed by atoms with Crippen LogP contribution in [0.1, 0.15) is 20.3 Å². The summed E-state index contributed by atoms with van der Waals surface area (Å²) in [6.45, 7) is 1.76. The summed E-state index contributed by atoms with van der Waals surface area (Å²) in [6.07, 6.45) is -10.9. The Morgan fingerprint density at radius 3 is 1.81 bits per heavy atom. The summed E-state index contributed by atoms with van der Waals surface area (Å²) < 4.78 is 104. The highest BCUT2D eigenvalue weighted by molar-refractivity contribution is 7.46. The number of halogens is 7. The summed E-state index contributed by atoms with van der Waals surface area (Å²) in [5.41, 5.74) is 0. The van der Waals surface area contributed by atoms with Gasteiger partial charge in [-0.1, -0.05) is 13.8 Å². The number of hydrogen-bond donors (Lipinski definition) is 2. The van der Waals surface area contributed by atoms with Crippen LogP contribution in [0.25, 0.3) is 0 Å². The van der Waals surface area contributed by atoms with Crippen LogP contribution in [0.5, 0.6) is 0 Å². The summed E-state index contributed by atoms with van der Waals surface area (Å²) >= 11 is 0. The van der Waals surface area contributed by atoms with E-state index < -0.39 is 50.7 Å². The largest absolute Gasteiger partial charge is 0.469 e. The van der Waals surface area contributed by atoms with Gasteiger partial charge >= 0.3 is 26.1 Å². The first kappa shape index (κ1) is 20.6. The molecule has 0 aliphatic rings. The molecule has 0 aromatic heterocycles. The standard InChI is InChI=1S/C9H14F7O4P/c1-3-5(20-21(17,18)19)4(2)6(10)8(13,14)9(15,16)7(11)12/h4-7H,3H2,1-2H3,(H2,17,18,19). The lowest BCUT2D eigenvalue weighted by Crippen LogP contribution is -2.55. The van der Waals surface area contributed by atoms with E-state index in [2.05, 4.69) is 4.52 Å². The van der Waals surface area contributed by atoms with Crippen molar-refractivity contribution in [3.63, 3.8) is 0 Å². The molecule has 12 heteroatoms. The first-order valence-electron chi connectivity index (χ1n) is 5.60. The highest BCUT2D eigenvalue weighted by Gasteiger charge is 2.68. The number of hydrogen-bond acceptors (Lipinski definition) is 2. The van der Waals surface area contributed by atoms with Gasteiger partial charge in [-0.2, -0.15) is 17.6 Å². The molecule has 21 heavy (non-hydrogen) atoms. The van der Waals surface area contributed by atoms with Crippen LogP contribution < -0.4 is 0 Å². The maximum atomic E-state index is 13.5. The monoisotopic (exact) mass is 350 g/mol. The predicted octanol–water partition coefficient (Wildman–Crippen LogP) is 3.38. The Balaban J connectivity index is 5.29. The molecule has 3 unspecified atom stereocenters. The van der Waals surface area contributed by atoms with Crippen LogP contribution in [0.15, 0.2) is 0 Å². The second-order valence-electron chi connectivity index (χ2n) is 4.35. The molecule has 4 nitrogen and oxygen atoms in total. The summed E-state index contributed by atoms with van der Waals surface area (Å²) in [5.74, 6) is -13.8. The summed E-state index contributed by atoms with van der Waals surface area (Å²) in [7, 11) is -5.19. The van der Waals surface area contributed by atoms with Crippen LogP contribution in [0.2, 0.25) is 0 Å². The van der Waals surface area contributed by atoms with Crippen molar-refractivity contribution in [2.45, 2.75) is 50.8 Å². The molecule has 0 heterocycles. The SMILES string of the molecule is CCC(OP(=O)(O)O)C(C)C(F)C(F)(F)C(F)(F)C(F)F. The Morgan fingerprint density at radius 2 is 1.52 bits per heavy atom. The van der Waals surface area contributed by atoms with Crippen LogP contribution in [-0.4, -0.2) is 40.3 Å². The fourth-order valence-corrected chi connectivity index (χ4v) is 2.26. The van der Waals surface area contributed by atoms with E-state index >= 15 is 0 Å². The molecule has 0 aromatic carbocycles. The zero-order chi connectivity index (χ0) is 17.2. The maximum Gasteiger partial charge on any atom is 0.469 e. The van der Waals surface area contributed by atoms with Gasteiger partial charge in [0, 0.05) is 5.92 Å². The molecule has 0 bridgehead atoms. The van der Waals surface area contributed by atoms with Crippen molar-refractivity contribution in [1.29, 1.82) is 0 Å². The van der Waals surface area contributed by atoms with Gasteiger partial charge in [0.2, 0.25) is 0 Å². The summed E-state index contributed by atoms with van der Waals surface area (Å²) in [5, 5.41) is 0. The minimum Gasteiger partial charge on any atom is -0.303 e. The third kappa shape index (κ3) is 4.80. The Labute approximate surface area is 115 Å². The number of phosphoric acid groups is 1. The predicted molar refractivity (Wildman–Crippen MR) is 57.2 cm³/mol. The first-order valence-corrected chi connectivity index (χ1v) is 7.13. The molecule has 0 fully saturated rings. The van der Waals surface area contributed by atoms with Gasteiger partial charge in [-0.05, 0) is 6.42 Å². The van der Waals surface area contributed by atoms with Gasteiger partial charge in [0.1, 0.15) is 0 Å². The quantitative estimate of drug-likeness (QED) is 0.520. The van der Waals surface area contributed by atoms with Crippen molar-refractivity contribution in [2.24, 2.45) is 5.92 Å². The van der Waals surface area contributed by atoms with E-state index in [0.717, 1.165) is 6.92 Å². The normalized spacial score (nSPS) is 18.7. The molecule has 0 spiro atoms. The van der Waals surface area contributed by atoms with Crippen molar-refractivity contribution in [3.05, 3.63) is 0 Å². The highest BCUT2D eigenvalue weighted by Crippen LogP contribution is 2.47. The lowest BCUT2D eigenvalue weighted by atomic mass is 9.90. The third-order valence-corrected chi connectivity index (χ3v) is 3.33. The van der Waals surface area contributed by atoms with Gasteiger partial charge in [-0.25, -0.2) is 17.7 Å². The molecule has 0 amide bonds. The zero-order valence-corrected chi connectivity index (χ0v) is 11.7. The molecule has 0 saturated heterocycles. The van der Waals surface area contributed by atoms with Gasteiger partial charge in [0.25, 0.3) is 0 Å². The third-order valence-electron chi connectivity index (χ3n) is 2.79. The van der Waals surface area contributed by atoms with Crippen LogP contribution in [0, 0.1) is 5.92 Å². The molecule has 0 saturated carbocycles. The van der Waals surface area contributed by atoms with Crippen LogP contribution in [0.3, 0.4) is 0 Å². The van der Waals surface area contributed by atoms with Crippen molar-refractivity contribution in [1.82, 2.24) is 0 Å². The fraction of sp³-hybridized carbons (Fsp3) is 1.00. The maximum absolute atomic E-state index is 13.5. The minimum atomic E-state index is -5.93. The van der Waals surface area contributed by atoms with E-state index in [4.69, 9.17) is 9.79 Å². The number of alkyl halides is 7. The van der Waals surface area contributed by atoms with Gasteiger partial charge in [-0.15, -0.1) is 0 Å². The molecular weight excluding hydrogens is 336 g/mol. The minimum absolute atomic E-state index is 0.414. The van der Waals surface area contributed by atoms with Gasteiger partial charge < -0.3 is 9.79 Å². The molecule has 0 aliphatic carbocycles. The van der Waals surface area contributed by atoms with Crippen molar-refractivity contribution >= 4 is 7.82 Å². The Hall–Kier alpha value is -0.380. The Kier molecular flexibility index (Phi) is 6.68. The lowest BCUT2D eigenvalue weighted by Gasteiger charge is -2.34. The Bertz CT molecular complexity index is 386. The molecule has 0 radical (unpaired) electrons. The second-order valence-corrected chi connectivity index (χ2v) is 5.54. The first-order chi connectivity index (χ1) is 9.18. The van der Waals surface area contributed by atoms with E-state index in [1.54, 1.807) is 0 Å². The van der Waals surface area contributed by atoms with Crippen LogP contribution >= 0.6 is 7.82 Å². The molecular formula is C9H14F7O4P. The molecule has 0 rings (SSSR count). The van der Waals surface area contributed by atoms with Gasteiger partial charge in [0.05, 0.1) is 6.10 Å². The van der Waals surface area contributed by atoms with E-state index in [0.29, 0.717) is 6.92 Å². The fourth-order valence-electron chi connectivity index (χ4n) is 1.57. The van der Waals surface area contributed by atoms with E-state index in [-0.39, 0.29) is 0 Å². The number of rotatable bonds is 8. The van der Waals surface area contributed by atoms with E-state index in [1.165, 1.54) is 0 Å². The topological polar surface area (TPSA) is 66.8 Å². The smallest absolute Gasteiger partial charge is 0.303 e. The van der Waals surface area contributed by atoms with Crippen LogP contribution in [0.4, 0.5) is 30.7 Å². The van der Waals surface area contributed by atoms with Crippen LogP contribution in [-0.2, 0) is 9.09 Å². The van der Waals surface area contributed by atoms with E-state index in [1.807, 2.05) is 0 Å². The molecule has 0 aliphatic heterocycles. The highest BCUT2D eigenvalue weighted by atomic mass is 31.2. The zero-order valence-electron chi connectivity index (χ0n) is 10.8.